The summed E-state index contributed by atoms with van der Waals surface area (Å²) in [5.41, 5.74) is -0.996. The molecule has 8 nitrogen and oxygen atoms in total. The van der Waals surface area contributed by atoms with E-state index in [1.54, 1.807) is 5.10 Å². The van der Waals surface area contributed by atoms with Gasteiger partial charge in [-0.15, -0.1) is 5.10 Å². The number of nitrogens with zero attached hydrogens (tertiary/aromatic N) is 3. The van der Waals surface area contributed by atoms with Crippen molar-refractivity contribution in [3.05, 3.63) is 44.7 Å². The molecule has 2 aromatic rings. The van der Waals surface area contributed by atoms with Crippen LogP contribution >= 0.6 is 11.6 Å². The second kappa shape index (κ2) is 5.60. The zero-order valence-corrected chi connectivity index (χ0v) is 11.1. The number of amides is 1. The SMILES string of the molecule is O=C(Nc1n[nH]c(C(F)(F)F)n1)c1ccc(Cl)cc1[N+](=O)[O-]. The molecule has 0 radical (unpaired) electrons. The molecule has 0 saturated carbocycles. The van der Waals surface area contributed by atoms with Crippen LogP contribution in [0.2, 0.25) is 5.02 Å². The molecular weight excluding hydrogens is 331 g/mol. The molecule has 22 heavy (non-hydrogen) atoms. The number of carbonyl (C=O) groups is 1. The van der Waals surface area contributed by atoms with Gasteiger partial charge >= 0.3 is 6.18 Å². The highest BCUT2D eigenvalue weighted by atomic mass is 35.5. The predicted octanol–water partition coefficient (Wildman–Crippen LogP) is 2.64. The second-order valence-corrected chi connectivity index (χ2v) is 4.31. The number of anilines is 1. The molecule has 0 unspecified atom stereocenters. The molecule has 12 heteroatoms. The van der Waals surface area contributed by atoms with Crippen molar-refractivity contribution in [1.29, 1.82) is 0 Å². The van der Waals surface area contributed by atoms with Gasteiger partial charge in [0.05, 0.1) is 4.92 Å². The summed E-state index contributed by atoms with van der Waals surface area (Å²) < 4.78 is 37.0. The van der Waals surface area contributed by atoms with Gasteiger partial charge in [0.15, 0.2) is 0 Å². The van der Waals surface area contributed by atoms with Gasteiger partial charge in [-0.2, -0.15) is 18.2 Å². The molecule has 2 rings (SSSR count). The van der Waals surface area contributed by atoms with Crippen LogP contribution in [0, 0.1) is 10.1 Å². The zero-order valence-electron chi connectivity index (χ0n) is 10.3. The molecule has 116 valence electrons. The van der Waals surface area contributed by atoms with Crippen LogP contribution in [0.3, 0.4) is 0 Å². The van der Waals surface area contributed by atoms with E-state index >= 15 is 0 Å². The number of nitrogens with one attached hydrogen (secondary N) is 2. The maximum Gasteiger partial charge on any atom is 0.451 e. The molecule has 1 aromatic carbocycles. The fourth-order valence-electron chi connectivity index (χ4n) is 1.46. The van der Waals surface area contributed by atoms with E-state index in [-0.39, 0.29) is 5.02 Å². The Balaban J connectivity index is 2.26. The van der Waals surface area contributed by atoms with Crippen molar-refractivity contribution >= 4 is 29.1 Å². The minimum Gasteiger partial charge on any atom is -0.289 e. The highest BCUT2D eigenvalue weighted by Gasteiger charge is 2.35. The number of aromatic nitrogens is 3. The molecule has 2 N–H and O–H groups in total. The highest BCUT2D eigenvalue weighted by molar-refractivity contribution is 6.31. The molecule has 0 saturated heterocycles. The zero-order chi connectivity index (χ0) is 16.5. The maximum atomic E-state index is 12.3. The summed E-state index contributed by atoms with van der Waals surface area (Å²) in [6.07, 6.45) is -4.76. The summed E-state index contributed by atoms with van der Waals surface area (Å²) >= 11 is 5.59. The van der Waals surface area contributed by atoms with Crippen molar-refractivity contribution in [1.82, 2.24) is 15.2 Å². The predicted molar refractivity (Wildman–Crippen MR) is 67.4 cm³/mol. The average Bonchev–Trinajstić information content (AvgIpc) is 2.86. The van der Waals surface area contributed by atoms with Crippen molar-refractivity contribution in [3.63, 3.8) is 0 Å². The first-order valence-electron chi connectivity index (χ1n) is 5.43. The monoisotopic (exact) mass is 335 g/mol. The molecule has 0 aliphatic rings. The van der Waals surface area contributed by atoms with Crippen LogP contribution in [0.1, 0.15) is 16.2 Å². The summed E-state index contributed by atoms with van der Waals surface area (Å²) in [4.78, 5) is 24.9. The van der Waals surface area contributed by atoms with Gasteiger partial charge in [-0.3, -0.25) is 25.3 Å². The van der Waals surface area contributed by atoms with Gasteiger partial charge in [0.2, 0.25) is 11.8 Å². The number of carbonyl (C=O) groups excluding carboxylic acids is 1. The molecule has 0 bridgehead atoms. The molecule has 0 fully saturated rings. The van der Waals surface area contributed by atoms with Gasteiger partial charge in [-0.05, 0) is 12.1 Å². The molecule has 0 aliphatic carbocycles. The number of H-pyrrole nitrogens is 1. The number of rotatable bonds is 3. The minimum absolute atomic E-state index is 0.0282. The van der Waals surface area contributed by atoms with E-state index in [0.29, 0.717) is 0 Å². The van der Waals surface area contributed by atoms with Crippen LogP contribution in [0.5, 0.6) is 0 Å². The van der Waals surface area contributed by atoms with Gasteiger partial charge in [-0.1, -0.05) is 11.6 Å². The van der Waals surface area contributed by atoms with Gasteiger partial charge in [0.1, 0.15) is 5.56 Å². The third-order valence-electron chi connectivity index (χ3n) is 2.38. The number of nitro groups is 1. The standard InChI is InChI=1S/C10H5ClF3N5O3/c11-4-1-2-5(6(3-4)19(21)22)7(20)15-9-16-8(17-18-9)10(12,13)14/h1-3H,(H2,15,16,17,18,20). The fraction of sp³-hybridized carbons (Fsp3) is 0.100. The van der Waals surface area contributed by atoms with Crippen molar-refractivity contribution < 1.29 is 22.9 Å². The van der Waals surface area contributed by atoms with Gasteiger partial charge in [0, 0.05) is 11.1 Å². The third-order valence-corrected chi connectivity index (χ3v) is 2.62. The lowest BCUT2D eigenvalue weighted by atomic mass is 10.1. The van der Waals surface area contributed by atoms with E-state index in [9.17, 15) is 28.1 Å². The molecule has 0 atom stereocenters. The molecular formula is C10H5ClF3N5O3. The lowest BCUT2D eigenvalue weighted by molar-refractivity contribution is -0.385. The van der Waals surface area contributed by atoms with Crippen LogP contribution < -0.4 is 5.32 Å². The quantitative estimate of drug-likeness (QED) is 0.661. The normalized spacial score (nSPS) is 11.3. The number of benzene rings is 1. The van der Waals surface area contributed by atoms with Crippen LogP contribution in [-0.4, -0.2) is 26.0 Å². The Labute approximate surface area is 124 Å². The molecule has 1 heterocycles. The highest BCUT2D eigenvalue weighted by Crippen LogP contribution is 2.27. The van der Waals surface area contributed by atoms with E-state index in [2.05, 4.69) is 10.1 Å². The number of alkyl halides is 3. The smallest absolute Gasteiger partial charge is 0.289 e. The Morgan fingerprint density at radius 3 is 2.64 bits per heavy atom. The van der Waals surface area contributed by atoms with Gasteiger partial charge in [-0.25, -0.2) is 0 Å². The minimum atomic E-state index is -4.76. The summed E-state index contributed by atoms with van der Waals surface area (Å²) in [5, 5.41) is 17.6. The largest absolute Gasteiger partial charge is 0.451 e. The Morgan fingerprint density at radius 1 is 1.41 bits per heavy atom. The van der Waals surface area contributed by atoms with E-state index in [4.69, 9.17) is 11.6 Å². The summed E-state index contributed by atoms with van der Waals surface area (Å²) in [5.74, 6) is -3.12. The number of hydrogen-bond donors (Lipinski definition) is 2. The molecule has 1 aromatic heterocycles. The lowest BCUT2D eigenvalue weighted by Gasteiger charge is -2.03. The van der Waals surface area contributed by atoms with Crippen LogP contribution in [0.25, 0.3) is 0 Å². The van der Waals surface area contributed by atoms with Crippen LogP contribution in [0.15, 0.2) is 18.2 Å². The first kappa shape index (κ1) is 15.7. The Hall–Kier alpha value is -2.69. The summed E-state index contributed by atoms with van der Waals surface area (Å²) in [7, 11) is 0. The van der Waals surface area contributed by atoms with Crippen molar-refractivity contribution in [2.24, 2.45) is 0 Å². The lowest BCUT2D eigenvalue weighted by Crippen LogP contribution is -2.15. The second-order valence-electron chi connectivity index (χ2n) is 3.88. The Morgan fingerprint density at radius 2 is 2.09 bits per heavy atom. The molecule has 0 aliphatic heterocycles. The van der Waals surface area contributed by atoms with E-state index in [1.165, 1.54) is 6.07 Å². The van der Waals surface area contributed by atoms with E-state index < -0.39 is 40.0 Å². The average molecular weight is 336 g/mol. The molecule has 0 spiro atoms. The third kappa shape index (κ3) is 3.31. The Kier molecular flexibility index (Phi) is 3.99. The van der Waals surface area contributed by atoms with Gasteiger partial charge in [0.25, 0.3) is 11.6 Å². The number of aromatic amines is 1. The van der Waals surface area contributed by atoms with Crippen molar-refractivity contribution in [3.8, 4) is 0 Å². The van der Waals surface area contributed by atoms with Crippen LogP contribution in [0.4, 0.5) is 24.8 Å². The Bertz CT molecular complexity index is 746. The number of hydrogen-bond acceptors (Lipinski definition) is 5. The van der Waals surface area contributed by atoms with E-state index in [0.717, 1.165) is 12.1 Å². The number of halogens is 4. The summed E-state index contributed by atoms with van der Waals surface area (Å²) in [6, 6.07) is 3.23. The van der Waals surface area contributed by atoms with Crippen molar-refractivity contribution in [2.75, 3.05) is 5.32 Å². The first-order valence-corrected chi connectivity index (χ1v) is 5.81. The topological polar surface area (TPSA) is 114 Å². The fourth-order valence-corrected chi connectivity index (χ4v) is 1.63. The van der Waals surface area contributed by atoms with E-state index in [1.807, 2.05) is 5.32 Å². The van der Waals surface area contributed by atoms with Crippen LogP contribution in [-0.2, 0) is 6.18 Å². The van der Waals surface area contributed by atoms with Crippen molar-refractivity contribution in [2.45, 2.75) is 6.18 Å². The maximum absolute atomic E-state index is 12.3. The summed E-state index contributed by atoms with van der Waals surface area (Å²) in [6.45, 7) is 0. The molecule has 1 amide bonds. The van der Waals surface area contributed by atoms with Gasteiger partial charge < -0.3 is 0 Å². The first-order chi connectivity index (χ1) is 10.2. The number of nitro benzene ring substituents is 1.